The fourth-order valence-electron chi connectivity index (χ4n) is 4.58. The third kappa shape index (κ3) is 4.76. The summed E-state index contributed by atoms with van der Waals surface area (Å²) in [4.78, 5) is 15.4. The molecule has 2 fully saturated rings. The number of nitrogens with zero attached hydrogens (tertiary/aromatic N) is 3. The van der Waals surface area contributed by atoms with E-state index in [1.165, 1.54) is 0 Å². The Labute approximate surface area is 189 Å². The molecule has 2 atom stereocenters. The van der Waals surface area contributed by atoms with E-state index in [0.717, 1.165) is 61.5 Å². The second-order valence-electron chi connectivity index (χ2n) is 8.30. The van der Waals surface area contributed by atoms with Crippen LogP contribution in [0.4, 0.5) is 0 Å². The monoisotopic (exact) mass is 443 g/mol. The van der Waals surface area contributed by atoms with Gasteiger partial charge in [-0.2, -0.15) is 5.10 Å². The first-order valence-corrected chi connectivity index (χ1v) is 11.4. The van der Waals surface area contributed by atoms with Crippen LogP contribution in [-0.4, -0.2) is 60.9 Å². The minimum atomic E-state index is -0.120. The number of hydrogen-bond donors (Lipinski definition) is 0. The lowest BCUT2D eigenvalue weighted by molar-refractivity contribution is -0.163. The molecule has 2 aromatic rings. The summed E-state index contributed by atoms with van der Waals surface area (Å²) in [5.74, 6) is 1.48. The molecule has 1 amide bonds. The van der Waals surface area contributed by atoms with Crippen molar-refractivity contribution in [2.45, 2.75) is 57.9 Å². The van der Waals surface area contributed by atoms with E-state index in [2.05, 4.69) is 5.10 Å². The van der Waals surface area contributed by atoms with Crippen molar-refractivity contribution in [3.8, 4) is 11.5 Å². The maximum atomic E-state index is 13.5. The molecule has 2 aliphatic rings. The van der Waals surface area contributed by atoms with Crippen LogP contribution in [0.2, 0.25) is 0 Å². The summed E-state index contributed by atoms with van der Waals surface area (Å²) < 4.78 is 24.2. The second kappa shape index (κ2) is 10.4. The van der Waals surface area contributed by atoms with E-state index in [0.29, 0.717) is 25.3 Å². The van der Waals surface area contributed by atoms with Gasteiger partial charge >= 0.3 is 0 Å². The van der Waals surface area contributed by atoms with Crippen LogP contribution < -0.4 is 9.47 Å². The van der Waals surface area contributed by atoms with Gasteiger partial charge in [0.2, 0.25) is 0 Å². The van der Waals surface area contributed by atoms with Crippen LogP contribution in [0.1, 0.15) is 59.8 Å². The van der Waals surface area contributed by atoms with Crippen molar-refractivity contribution in [3.63, 3.8) is 0 Å². The van der Waals surface area contributed by atoms with Crippen LogP contribution in [0, 0.1) is 6.92 Å². The normalized spacial score (nSPS) is 21.0. The van der Waals surface area contributed by atoms with Crippen molar-refractivity contribution in [2.75, 3.05) is 34.0 Å². The number of benzene rings is 1. The van der Waals surface area contributed by atoms with E-state index < -0.39 is 0 Å². The van der Waals surface area contributed by atoms with E-state index in [1.807, 2.05) is 34.7 Å². The predicted octanol–water partition coefficient (Wildman–Crippen LogP) is 3.73. The number of amides is 1. The molecule has 2 saturated heterocycles. The van der Waals surface area contributed by atoms with Gasteiger partial charge in [0.05, 0.1) is 45.2 Å². The number of hydrogen-bond acceptors (Lipinski definition) is 6. The molecule has 0 spiro atoms. The van der Waals surface area contributed by atoms with Crippen LogP contribution in [0.15, 0.2) is 24.4 Å². The number of likely N-dealkylation sites (tertiary alicyclic amines) is 1. The van der Waals surface area contributed by atoms with Gasteiger partial charge in [0.15, 0.2) is 6.29 Å². The summed E-state index contributed by atoms with van der Waals surface area (Å²) in [6, 6.07) is 5.75. The van der Waals surface area contributed by atoms with E-state index >= 15 is 0 Å². The highest BCUT2D eigenvalue weighted by Crippen LogP contribution is 2.39. The van der Waals surface area contributed by atoms with E-state index in [4.69, 9.17) is 18.9 Å². The third-order valence-electron chi connectivity index (χ3n) is 6.39. The molecule has 8 nitrogen and oxygen atoms in total. The number of aromatic nitrogens is 2. The van der Waals surface area contributed by atoms with Gasteiger partial charge in [-0.3, -0.25) is 9.48 Å². The molecule has 174 valence electrons. The molecule has 32 heavy (non-hydrogen) atoms. The summed E-state index contributed by atoms with van der Waals surface area (Å²) in [5.41, 5.74) is 2.50. The Morgan fingerprint density at radius 1 is 1.19 bits per heavy atom. The van der Waals surface area contributed by atoms with Crippen LogP contribution in [0.5, 0.6) is 11.5 Å². The van der Waals surface area contributed by atoms with Crippen molar-refractivity contribution < 1.29 is 23.7 Å². The average molecular weight is 444 g/mol. The Balaban J connectivity index is 1.44. The highest BCUT2D eigenvalue weighted by molar-refractivity contribution is 5.95. The zero-order valence-corrected chi connectivity index (χ0v) is 19.2. The SMILES string of the molecule is COc1ccc([C@H]2CCCN2C(=O)c2cnn(CCO[C@@H]3CCCCO3)c2C)c(OC)c1. The molecule has 2 aliphatic heterocycles. The van der Waals surface area contributed by atoms with Crippen molar-refractivity contribution in [1.82, 2.24) is 14.7 Å². The van der Waals surface area contributed by atoms with Crippen LogP contribution in [-0.2, 0) is 16.0 Å². The smallest absolute Gasteiger partial charge is 0.257 e. The quantitative estimate of drug-likeness (QED) is 0.619. The Hall–Kier alpha value is -2.58. The molecule has 1 aromatic heterocycles. The predicted molar refractivity (Wildman–Crippen MR) is 119 cm³/mol. The Kier molecular flexibility index (Phi) is 7.32. The van der Waals surface area contributed by atoms with E-state index in [1.54, 1.807) is 20.4 Å². The standard InChI is InChI=1S/C24H33N3O5/c1-17-20(16-25-27(17)12-14-32-23-8-4-5-13-31-23)24(28)26-11-6-7-21(26)19-10-9-18(29-2)15-22(19)30-3/h9-10,15-16,21,23H,4-8,11-14H2,1-3H3/t21-,23-/m1/s1. The van der Waals surface area contributed by atoms with Crippen LogP contribution in [0.3, 0.4) is 0 Å². The van der Waals surface area contributed by atoms with Gasteiger partial charge in [0, 0.05) is 30.5 Å². The Bertz CT molecular complexity index is 922. The number of carbonyl (C=O) groups is 1. The number of ether oxygens (including phenoxy) is 4. The molecule has 8 heteroatoms. The lowest BCUT2D eigenvalue weighted by atomic mass is 10.0. The maximum Gasteiger partial charge on any atom is 0.257 e. The van der Waals surface area contributed by atoms with Gasteiger partial charge in [-0.1, -0.05) is 0 Å². The van der Waals surface area contributed by atoms with Crippen LogP contribution >= 0.6 is 0 Å². The van der Waals surface area contributed by atoms with E-state index in [9.17, 15) is 4.79 Å². The fourth-order valence-corrected chi connectivity index (χ4v) is 4.58. The summed E-state index contributed by atoms with van der Waals surface area (Å²) in [5, 5.41) is 4.45. The number of rotatable bonds is 8. The van der Waals surface area contributed by atoms with Crippen molar-refractivity contribution in [3.05, 3.63) is 41.2 Å². The van der Waals surface area contributed by atoms with Gasteiger partial charge in [-0.25, -0.2) is 0 Å². The maximum absolute atomic E-state index is 13.5. The molecule has 0 unspecified atom stereocenters. The van der Waals surface area contributed by atoms with Crippen molar-refractivity contribution in [2.24, 2.45) is 0 Å². The van der Waals surface area contributed by atoms with Gasteiger partial charge in [0.25, 0.3) is 5.91 Å². The molecule has 0 N–H and O–H groups in total. The van der Waals surface area contributed by atoms with Crippen molar-refractivity contribution >= 4 is 5.91 Å². The molecule has 0 aliphatic carbocycles. The Morgan fingerprint density at radius 3 is 2.81 bits per heavy atom. The summed E-state index contributed by atoms with van der Waals surface area (Å²) in [7, 11) is 3.28. The molecular formula is C24H33N3O5. The first-order valence-electron chi connectivity index (χ1n) is 11.4. The average Bonchev–Trinajstić information content (AvgIpc) is 3.46. The van der Waals surface area contributed by atoms with Gasteiger partial charge in [0.1, 0.15) is 11.5 Å². The highest BCUT2D eigenvalue weighted by atomic mass is 16.7. The lowest BCUT2D eigenvalue weighted by Crippen LogP contribution is -2.31. The van der Waals surface area contributed by atoms with Gasteiger partial charge in [-0.15, -0.1) is 0 Å². The lowest BCUT2D eigenvalue weighted by Gasteiger charge is -2.26. The fraction of sp³-hybridized carbons (Fsp3) is 0.583. The Morgan fingerprint density at radius 2 is 2.06 bits per heavy atom. The largest absolute Gasteiger partial charge is 0.497 e. The molecule has 0 bridgehead atoms. The first-order chi connectivity index (χ1) is 15.6. The highest BCUT2D eigenvalue weighted by Gasteiger charge is 2.34. The van der Waals surface area contributed by atoms with Crippen LogP contribution in [0.25, 0.3) is 0 Å². The van der Waals surface area contributed by atoms with Crippen molar-refractivity contribution in [1.29, 1.82) is 0 Å². The van der Waals surface area contributed by atoms with Gasteiger partial charge < -0.3 is 23.8 Å². The second-order valence-corrected chi connectivity index (χ2v) is 8.30. The molecule has 0 saturated carbocycles. The molecule has 4 rings (SSSR count). The summed E-state index contributed by atoms with van der Waals surface area (Å²) in [6.07, 6.45) is 6.59. The topological polar surface area (TPSA) is 75.1 Å². The molecule has 1 aromatic carbocycles. The van der Waals surface area contributed by atoms with E-state index in [-0.39, 0.29) is 18.2 Å². The zero-order chi connectivity index (χ0) is 22.5. The third-order valence-corrected chi connectivity index (χ3v) is 6.39. The minimum absolute atomic E-state index is 0.00523. The minimum Gasteiger partial charge on any atom is -0.497 e. The summed E-state index contributed by atoms with van der Waals surface area (Å²) in [6.45, 7) is 4.52. The number of methoxy groups -OCH3 is 2. The van der Waals surface area contributed by atoms with Gasteiger partial charge in [-0.05, 0) is 51.2 Å². The zero-order valence-electron chi connectivity index (χ0n) is 19.2. The molecule has 0 radical (unpaired) electrons. The summed E-state index contributed by atoms with van der Waals surface area (Å²) >= 11 is 0. The molecular weight excluding hydrogens is 410 g/mol. The first kappa shape index (κ1) is 22.6. The number of carbonyl (C=O) groups excluding carboxylic acids is 1. The molecule has 3 heterocycles.